The van der Waals surface area contributed by atoms with Gasteiger partial charge in [0.1, 0.15) is 112 Å². The molecule has 0 spiro atoms. The summed E-state index contributed by atoms with van der Waals surface area (Å²) in [6.45, 7) is 9.92. The Hall–Kier alpha value is -15.0. The summed E-state index contributed by atoms with van der Waals surface area (Å²) in [5.41, 5.74) is 17.2. The topological polar surface area (TPSA) is 373 Å². The van der Waals surface area contributed by atoms with Crippen molar-refractivity contribution in [1.29, 1.82) is 0 Å². The number of halogens is 13. The van der Waals surface area contributed by atoms with Gasteiger partial charge in [-0.3, -0.25) is 19.1 Å². The molecular weight excluding hydrogens is 1890 g/mol. The second-order valence-corrected chi connectivity index (χ2v) is 35.5. The number of benzene rings is 8. The molecule has 41 heteroatoms. The van der Waals surface area contributed by atoms with Crippen molar-refractivity contribution >= 4 is 85.6 Å². The SMILES string of the molecule is CC(C)(C)OC(=O)CC(Cc1cc(F)cc(F)c1)c1ncncc1-c1cccc2[nH]cnc12.CC(C)(C)OC(=O)CC(Cc1cc(F)cc(F)c1)c1ncncc1Br.NC(Cc1cc(F)cc(F)c1)c1ncncc1-c1cccc2[nH]cnc12.O=C(Cn1nc(C(F)F)c2c1C(F)(F)C1CC21)NC(Cc1cc(F)cc(F)c1)c1ncncc1-c1cccc2[nH]cnc12.O[B]Oc1cccc2[nH]cnc12. The standard InChI is InChI=1S/C29H21F6N7O.C25H24F2N4O2.C19H15F2N5.C18H19BrF2N2O2.C7H6BN2O2/c30-14-4-13(5-15(31)7-14)6-21(25-18(9-36-11-38-25)16-2-1-3-20-24(16)39-12-37-20)40-22(43)10-42-27-23(26(41-42)28(32)33)17-8-19(17)29(27,34)35;1-25(2,3)33-22(32)10-16(7-15-8-17(26)11-18(27)9-15)23-20(12-28-13-30-23)19-5-4-6-21-24(19)31-14-29-21;20-12-4-11(5-13(21)7-12)6-16(22)18-15(8-23-9-25-18)14-2-1-3-17-19(14)26-10-24-17;1-18(2,3)25-16(24)7-12(17-15(19)9-22-10-23-17)4-11-5-13(20)8-14(21)6-11;11-8-12-6-3-1-2-5-7(6)10-4-9-5/h1-5,7,9,11-12,17,19,21,28H,6,8,10H2,(H,37,39)(H,40,43);4-6,8-9,11-14,16H,7,10H2,1-3H3,(H,29,31);1-5,7-10,16H,6,22H2,(H,24,26);5-6,8-10,12H,4,7H2,1-3H3;1-4,11H,(H,9,10). The lowest BCUT2D eigenvalue weighted by molar-refractivity contribution is -0.156. The molecule has 6 unspecified atom stereocenters. The summed E-state index contributed by atoms with van der Waals surface area (Å²) in [6, 6.07) is 33.6. The Labute approximate surface area is 793 Å². The number of rotatable bonds is 25. The first-order valence-corrected chi connectivity index (χ1v) is 44.0. The number of ether oxygens (including phenoxy) is 2. The number of hydrogen-bond donors (Lipinski definition) is 7. The first kappa shape index (κ1) is 98.5. The maximum absolute atomic E-state index is 15.1. The van der Waals surface area contributed by atoms with Crippen LogP contribution in [0.1, 0.15) is 159 Å². The minimum absolute atomic E-state index is 0.0179. The number of alkyl halides is 4. The lowest BCUT2D eigenvalue weighted by Crippen LogP contribution is -2.35. The minimum Gasteiger partial charge on any atom is -0.536 e. The van der Waals surface area contributed by atoms with Gasteiger partial charge in [0, 0.05) is 106 Å². The molecule has 0 bridgehead atoms. The number of esters is 2. The number of fused-ring (bicyclic) bond motifs is 7. The summed E-state index contributed by atoms with van der Waals surface area (Å²) in [6.07, 6.45) is 15.7. The molecular formula is C98H85BBrF12N20O7. The van der Waals surface area contributed by atoms with Crippen molar-refractivity contribution in [2.75, 3.05) is 0 Å². The predicted octanol–water partition coefficient (Wildman–Crippen LogP) is 19.7. The van der Waals surface area contributed by atoms with Crippen molar-refractivity contribution in [2.24, 2.45) is 11.7 Å². The smallest absolute Gasteiger partial charge is 0.536 e. The van der Waals surface area contributed by atoms with E-state index in [2.05, 4.69) is 106 Å². The fourth-order valence-corrected chi connectivity index (χ4v) is 17.3. The van der Waals surface area contributed by atoms with Crippen molar-refractivity contribution in [1.82, 2.24) is 94.8 Å². The van der Waals surface area contributed by atoms with Crippen LogP contribution in [0, 0.1) is 52.5 Å². The Morgan fingerprint density at radius 1 is 0.489 bits per heavy atom. The van der Waals surface area contributed by atoms with Gasteiger partial charge in [0.25, 0.3) is 12.3 Å². The van der Waals surface area contributed by atoms with Crippen LogP contribution in [0.2, 0.25) is 0 Å². The Morgan fingerprint density at radius 3 is 1.29 bits per heavy atom. The summed E-state index contributed by atoms with van der Waals surface area (Å²) in [4.78, 5) is 101. The maximum Gasteiger partial charge on any atom is 0.569 e. The number of nitrogens with one attached hydrogen (secondary N) is 5. The molecule has 9 heterocycles. The van der Waals surface area contributed by atoms with E-state index in [9.17, 15) is 58.3 Å². The zero-order valence-corrected chi connectivity index (χ0v) is 76.3. The maximum atomic E-state index is 15.1. The van der Waals surface area contributed by atoms with Crippen molar-refractivity contribution in [3.63, 3.8) is 0 Å². The average Bonchev–Trinajstić information content (AvgIpc) is 1.52. The number of aromatic nitrogens is 18. The fraction of sp³-hybridized carbons (Fsp3) is 0.245. The first-order chi connectivity index (χ1) is 66.5. The lowest BCUT2D eigenvalue weighted by atomic mass is 9.88. The minimum atomic E-state index is -3.40. The van der Waals surface area contributed by atoms with Crippen molar-refractivity contribution in [2.45, 2.75) is 146 Å². The quantitative estimate of drug-likeness (QED) is 0.0159. The van der Waals surface area contributed by atoms with Crippen molar-refractivity contribution < 1.29 is 86.2 Å². The van der Waals surface area contributed by atoms with Crippen molar-refractivity contribution in [3.05, 3.63) is 334 Å². The molecule has 0 aliphatic heterocycles. The van der Waals surface area contributed by atoms with Gasteiger partial charge in [0.15, 0.2) is 0 Å². The monoisotopic (exact) mass is 1970 g/mol. The van der Waals surface area contributed by atoms with Gasteiger partial charge in [-0.15, -0.1) is 0 Å². The van der Waals surface area contributed by atoms with E-state index < -0.39 is 142 Å². The third-order valence-corrected chi connectivity index (χ3v) is 22.8. The van der Waals surface area contributed by atoms with Crippen molar-refractivity contribution in [3.8, 4) is 39.1 Å². The number of nitrogens with two attached hydrogens (primary N) is 1. The van der Waals surface area contributed by atoms with Crippen LogP contribution in [-0.2, 0) is 62.0 Å². The predicted molar refractivity (Wildman–Crippen MR) is 492 cm³/mol. The molecule has 2 aliphatic carbocycles. The number of carbonyl (C=O) groups excluding carboxylic acids is 3. The highest BCUT2D eigenvalue weighted by Crippen LogP contribution is 2.68. The van der Waals surface area contributed by atoms with Crippen LogP contribution in [0.15, 0.2) is 225 Å². The Balaban J connectivity index is 0.000000137. The van der Waals surface area contributed by atoms with Crippen LogP contribution >= 0.6 is 15.9 Å². The molecule has 6 atom stereocenters. The number of nitrogens with zero attached hydrogens (tertiary/aromatic N) is 14. The molecule has 1 saturated carbocycles. The van der Waals surface area contributed by atoms with E-state index in [1.165, 1.54) is 74.2 Å². The van der Waals surface area contributed by atoms with Gasteiger partial charge < -0.3 is 50.1 Å². The highest BCUT2D eigenvalue weighted by atomic mass is 79.9. The summed E-state index contributed by atoms with van der Waals surface area (Å²) in [5, 5.41) is 14.9. The van der Waals surface area contributed by atoms with Gasteiger partial charge in [-0.05, 0) is 197 Å². The Kier molecular flexibility index (Phi) is 30.3. The van der Waals surface area contributed by atoms with E-state index in [0.29, 0.717) is 95.7 Å². The normalized spacial score (nSPS) is 14.3. The van der Waals surface area contributed by atoms with Gasteiger partial charge in [-0.25, -0.2) is 104 Å². The zero-order chi connectivity index (χ0) is 98.7. The van der Waals surface area contributed by atoms with Gasteiger partial charge in [0.05, 0.1) is 116 Å². The number of para-hydroxylation sites is 4. The third-order valence-electron chi connectivity index (χ3n) is 22.2. The number of imidazole rings is 4. The van der Waals surface area contributed by atoms with Crippen LogP contribution in [0.4, 0.5) is 52.7 Å². The largest absolute Gasteiger partial charge is 0.569 e. The molecule has 8 aromatic carbocycles. The lowest BCUT2D eigenvalue weighted by Gasteiger charge is -2.23. The Bertz CT molecular complexity index is 7220. The molecule has 1 amide bonds. The highest BCUT2D eigenvalue weighted by molar-refractivity contribution is 9.10. The fourth-order valence-electron chi connectivity index (χ4n) is 16.7. The third kappa shape index (κ3) is 24.3. The van der Waals surface area contributed by atoms with Crippen LogP contribution < -0.4 is 15.7 Å². The summed E-state index contributed by atoms with van der Waals surface area (Å²) >= 11 is 3.37. The number of hydrogen-bond acceptors (Lipinski definition) is 21. The molecule has 139 heavy (non-hydrogen) atoms. The number of H-pyrrole nitrogens is 4. The van der Waals surface area contributed by atoms with Gasteiger partial charge in [-0.1, -0.05) is 42.5 Å². The molecule has 27 nitrogen and oxygen atoms in total. The molecule has 0 saturated heterocycles. The van der Waals surface area contributed by atoms with E-state index >= 15 is 8.78 Å². The highest BCUT2D eigenvalue weighted by Gasteiger charge is 2.67. The summed E-state index contributed by atoms with van der Waals surface area (Å²) < 4.78 is 184. The second kappa shape index (κ2) is 42.7. The van der Waals surface area contributed by atoms with Crippen LogP contribution in [0.25, 0.3) is 77.5 Å². The average molecular weight is 1970 g/mol. The summed E-state index contributed by atoms with van der Waals surface area (Å²) in [7, 11) is 0.642. The van der Waals surface area contributed by atoms with Gasteiger partial charge in [-0.2, -0.15) is 13.9 Å². The molecule has 9 aromatic heterocycles. The van der Waals surface area contributed by atoms with Crippen LogP contribution in [0.3, 0.4) is 0 Å². The van der Waals surface area contributed by atoms with E-state index in [1.54, 1.807) is 103 Å². The molecule has 17 aromatic rings. The molecule has 713 valence electrons. The molecule has 8 N–H and O–H groups in total. The zero-order valence-electron chi connectivity index (χ0n) is 74.7. The number of carbonyl (C=O) groups is 3. The first-order valence-electron chi connectivity index (χ1n) is 43.2. The van der Waals surface area contributed by atoms with E-state index in [0.717, 1.165) is 74.6 Å². The van der Waals surface area contributed by atoms with E-state index in [4.69, 9.17) is 24.9 Å². The molecule has 1 fully saturated rings. The number of amides is 1. The molecule has 1 radical (unpaired) electrons. The molecule has 19 rings (SSSR count). The van der Waals surface area contributed by atoms with Gasteiger partial charge >= 0.3 is 19.6 Å². The van der Waals surface area contributed by atoms with Crippen LogP contribution in [-0.4, -0.2) is 131 Å². The van der Waals surface area contributed by atoms with Crippen LogP contribution in [0.5, 0.6) is 5.75 Å². The summed E-state index contributed by atoms with van der Waals surface area (Å²) in [5.74, 6) is -12.8. The van der Waals surface area contributed by atoms with E-state index in [1.807, 2.05) is 48.5 Å². The van der Waals surface area contributed by atoms with Gasteiger partial charge in [0.2, 0.25) is 5.91 Å². The van der Waals surface area contributed by atoms with E-state index in [-0.39, 0.29) is 61.8 Å². The second-order valence-electron chi connectivity index (χ2n) is 34.6. The molecule has 2 aliphatic rings. The Morgan fingerprint density at radius 2 is 0.863 bits per heavy atom. The number of aromatic amines is 4.